The molecule has 1 saturated heterocycles. The van der Waals surface area contributed by atoms with Gasteiger partial charge in [0.1, 0.15) is 0 Å². The van der Waals surface area contributed by atoms with Crippen LogP contribution in [0.5, 0.6) is 0 Å². The van der Waals surface area contributed by atoms with E-state index in [1.807, 2.05) is 48.9 Å². The van der Waals surface area contributed by atoms with Crippen molar-refractivity contribution >= 4 is 40.2 Å². The maximum absolute atomic E-state index is 7.04. The molecule has 2 atom stereocenters. The number of nitrogens with zero attached hydrogens (tertiary/aromatic N) is 4. The molecule has 2 aliphatic heterocycles. The first-order chi connectivity index (χ1) is 16.3. The standard InChI is InChI=1S/C27H28ClN5S/c1-17-15-27(2,3)32(4)23-14-21(28)20(13-19(17)23)25-24(22-7-5-6-10-30-22)31-26(34)33(25)16-18-8-11-29-12-9-18/h5-15,24-25H,16H2,1-4H3,(H,31,34)/t24-,25+/m0/s1. The van der Waals surface area contributed by atoms with Gasteiger partial charge in [-0.15, -0.1) is 0 Å². The first-order valence-corrected chi connectivity index (χ1v) is 12.2. The highest BCUT2D eigenvalue weighted by Crippen LogP contribution is 2.47. The van der Waals surface area contributed by atoms with Crippen LogP contribution in [0.2, 0.25) is 5.02 Å². The van der Waals surface area contributed by atoms with Gasteiger partial charge in [0, 0.05) is 48.5 Å². The van der Waals surface area contributed by atoms with Crippen molar-refractivity contribution in [3.05, 3.63) is 94.5 Å². The van der Waals surface area contributed by atoms with Crippen molar-refractivity contribution in [3.63, 3.8) is 0 Å². The molecule has 0 amide bonds. The van der Waals surface area contributed by atoms with Crippen molar-refractivity contribution in [2.75, 3.05) is 11.9 Å². The number of nitrogens with one attached hydrogen (secondary N) is 1. The van der Waals surface area contributed by atoms with E-state index in [0.717, 1.165) is 27.5 Å². The van der Waals surface area contributed by atoms with Crippen molar-refractivity contribution in [2.24, 2.45) is 0 Å². The number of aromatic nitrogens is 2. The van der Waals surface area contributed by atoms with Gasteiger partial charge in [-0.1, -0.05) is 23.7 Å². The molecule has 0 saturated carbocycles. The van der Waals surface area contributed by atoms with E-state index in [-0.39, 0.29) is 17.6 Å². The second-order valence-electron chi connectivity index (χ2n) is 9.54. The number of anilines is 1. The Morgan fingerprint density at radius 3 is 2.59 bits per heavy atom. The maximum atomic E-state index is 7.04. The number of hydrogen-bond acceptors (Lipinski definition) is 4. The molecule has 1 fully saturated rings. The Balaban J connectivity index is 1.64. The molecule has 174 valence electrons. The largest absolute Gasteiger partial charge is 0.365 e. The Labute approximate surface area is 211 Å². The van der Waals surface area contributed by atoms with Gasteiger partial charge in [0.15, 0.2) is 5.11 Å². The summed E-state index contributed by atoms with van der Waals surface area (Å²) >= 11 is 12.9. The van der Waals surface area contributed by atoms with E-state index in [1.54, 1.807) is 0 Å². The van der Waals surface area contributed by atoms with Crippen molar-refractivity contribution in [3.8, 4) is 0 Å². The molecular formula is C27H28ClN5S. The van der Waals surface area contributed by atoms with E-state index in [1.165, 1.54) is 11.1 Å². The summed E-state index contributed by atoms with van der Waals surface area (Å²) in [7, 11) is 2.12. The number of fused-ring (bicyclic) bond motifs is 1. The molecule has 5 rings (SSSR count). The van der Waals surface area contributed by atoms with Crippen molar-refractivity contribution in [2.45, 2.75) is 44.9 Å². The average Bonchev–Trinajstić information content (AvgIpc) is 3.14. The van der Waals surface area contributed by atoms with Crippen molar-refractivity contribution < 1.29 is 0 Å². The maximum Gasteiger partial charge on any atom is 0.170 e. The van der Waals surface area contributed by atoms with Gasteiger partial charge in [0.05, 0.1) is 23.3 Å². The minimum atomic E-state index is -0.117. The molecule has 2 aliphatic rings. The highest BCUT2D eigenvalue weighted by Gasteiger charge is 2.41. The number of hydrogen-bond donors (Lipinski definition) is 1. The van der Waals surface area contributed by atoms with Gasteiger partial charge in [-0.2, -0.15) is 0 Å². The molecule has 5 nitrogen and oxygen atoms in total. The van der Waals surface area contributed by atoms with Crippen LogP contribution in [0.4, 0.5) is 5.69 Å². The molecule has 0 unspecified atom stereocenters. The number of thiocarbonyl (C=S) groups is 1. The molecule has 0 aliphatic carbocycles. The Bertz CT molecular complexity index is 1260. The Morgan fingerprint density at radius 2 is 1.88 bits per heavy atom. The highest BCUT2D eigenvalue weighted by atomic mass is 35.5. The smallest absolute Gasteiger partial charge is 0.170 e. The first kappa shape index (κ1) is 22.8. The van der Waals surface area contributed by atoms with E-state index < -0.39 is 0 Å². The van der Waals surface area contributed by atoms with Gasteiger partial charge in [-0.05, 0) is 86.1 Å². The van der Waals surface area contributed by atoms with Crippen LogP contribution in [0.25, 0.3) is 5.57 Å². The molecule has 7 heteroatoms. The van der Waals surface area contributed by atoms with E-state index in [9.17, 15) is 0 Å². The Hall–Kier alpha value is -2.96. The van der Waals surface area contributed by atoms with Gasteiger partial charge >= 0.3 is 0 Å². The van der Waals surface area contributed by atoms with Gasteiger partial charge < -0.3 is 15.1 Å². The SMILES string of the molecule is CC1=CC(C)(C)N(C)c2cc(Cl)c([C@@H]3[C@H](c4ccccn4)NC(=S)N3Cc3ccncc3)cc21. The predicted molar refractivity (Wildman–Crippen MR) is 143 cm³/mol. The number of benzene rings is 1. The fraction of sp³-hybridized carbons (Fsp3) is 0.296. The number of allylic oxidation sites excluding steroid dienone is 1. The number of likely N-dealkylation sites (N-methyl/N-ethyl adjacent to an activating group) is 1. The number of rotatable bonds is 4. The van der Waals surface area contributed by atoms with Crippen molar-refractivity contribution in [1.82, 2.24) is 20.2 Å². The third-order valence-electron chi connectivity index (χ3n) is 6.95. The third kappa shape index (κ3) is 3.95. The van der Waals surface area contributed by atoms with Gasteiger partial charge in [0.25, 0.3) is 0 Å². The molecule has 0 radical (unpaired) electrons. The van der Waals surface area contributed by atoms with E-state index >= 15 is 0 Å². The van der Waals surface area contributed by atoms with Crippen molar-refractivity contribution in [1.29, 1.82) is 0 Å². The summed E-state index contributed by atoms with van der Waals surface area (Å²) < 4.78 is 0. The summed E-state index contributed by atoms with van der Waals surface area (Å²) in [6, 6.07) is 14.1. The number of halogens is 1. The number of pyridine rings is 2. The fourth-order valence-corrected chi connectivity index (χ4v) is 5.59. The summed E-state index contributed by atoms with van der Waals surface area (Å²) in [6.45, 7) is 7.26. The second kappa shape index (κ2) is 8.67. The average molecular weight is 490 g/mol. The molecule has 0 spiro atoms. The van der Waals surface area contributed by atoms with Crippen LogP contribution in [0, 0.1) is 0 Å². The van der Waals surface area contributed by atoms with E-state index in [0.29, 0.717) is 11.7 Å². The van der Waals surface area contributed by atoms with Gasteiger partial charge in [-0.25, -0.2) is 0 Å². The zero-order valence-electron chi connectivity index (χ0n) is 19.8. The molecule has 34 heavy (non-hydrogen) atoms. The minimum absolute atomic E-state index is 0.0811. The van der Waals surface area contributed by atoms with Crippen LogP contribution < -0.4 is 10.2 Å². The van der Waals surface area contributed by atoms with Gasteiger partial charge in [0.2, 0.25) is 0 Å². The lowest BCUT2D eigenvalue weighted by atomic mass is 9.86. The first-order valence-electron chi connectivity index (χ1n) is 11.4. The van der Waals surface area contributed by atoms with E-state index in [4.69, 9.17) is 23.8 Å². The fourth-order valence-electron chi connectivity index (χ4n) is 5.01. The summed E-state index contributed by atoms with van der Waals surface area (Å²) in [4.78, 5) is 13.3. The zero-order chi connectivity index (χ0) is 24.0. The van der Waals surface area contributed by atoms with Crippen LogP contribution in [-0.2, 0) is 6.54 Å². The highest BCUT2D eigenvalue weighted by molar-refractivity contribution is 7.80. The minimum Gasteiger partial charge on any atom is -0.365 e. The lowest BCUT2D eigenvalue weighted by Crippen LogP contribution is -2.42. The molecular weight excluding hydrogens is 462 g/mol. The topological polar surface area (TPSA) is 44.3 Å². The quantitative estimate of drug-likeness (QED) is 0.458. The normalized spacial score (nSPS) is 21.2. The summed E-state index contributed by atoms with van der Waals surface area (Å²) in [6.07, 6.45) is 7.76. The lowest BCUT2D eigenvalue weighted by molar-refractivity contribution is 0.311. The summed E-state index contributed by atoms with van der Waals surface area (Å²) in [5.74, 6) is 0. The third-order valence-corrected chi connectivity index (χ3v) is 7.63. The van der Waals surface area contributed by atoms with Crippen LogP contribution in [-0.4, -0.2) is 32.6 Å². The molecule has 3 aromatic rings. The molecule has 1 N–H and O–H groups in total. The van der Waals surface area contributed by atoms with Gasteiger partial charge in [-0.3, -0.25) is 9.97 Å². The Morgan fingerprint density at radius 1 is 1.12 bits per heavy atom. The molecule has 2 aromatic heterocycles. The zero-order valence-corrected chi connectivity index (χ0v) is 21.4. The summed E-state index contributed by atoms with van der Waals surface area (Å²) in [5.41, 5.74) is 6.62. The van der Waals surface area contributed by atoms with Crippen LogP contribution in [0.3, 0.4) is 0 Å². The molecule has 0 bridgehead atoms. The lowest BCUT2D eigenvalue weighted by Gasteiger charge is -2.41. The van der Waals surface area contributed by atoms with E-state index in [2.05, 4.69) is 71.1 Å². The predicted octanol–water partition coefficient (Wildman–Crippen LogP) is 5.93. The molecule has 4 heterocycles. The Kier molecular flexibility index (Phi) is 5.82. The molecule has 1 aromatic carbocycles. The van der Waals surface area contributed by atoms with Crippen LogP contribution >= 0.6 is 23.8 Å². The second-order valence-corrected chi connectivity index (χ2v) is 10.3. The monoisotopic (exact) mass is 489 g/mol. The van der Waals surface area contributed by atoms with Crippen LogP contribution in [0.1, 0.15) is 55.2 Å². The van der Waals surface area contributed by atoms with Crippen LogP contribution in [0.15, 0.2) is 67.1 Å². The summed E-state index contributed by atoms with van der Waals surface area (Å²) in [5, 5.41) is 4.95.